The van der Waals surface area contributed by atoms with Crippen LogP contribution in [0.4, 0.5) is 0 Å². The molecule has 1 N–H and O–H groups in total. The van der Waals surface area contributed by atoms with Crippen molar-refractivity contribution in [3.8, 4) is 0 Å². The number of likely N-dealkylation sites (tertiary alicyclic amines) is 1. The molecule has 2 aromatic heterocycles. The average molecular weight is 345 g/mol. The highest BCUT2D eigenvalue weighted by Gasteiger charge is 2.34. The van der Waals surface area contributed by atoms with Gasteiger partial charge in [-0.25, -0.2) is 0 Å². The van der Waals surface area contributed by atoms with E-state index < -0.39 is 0 Å². The van der Waals surface area contributed by atoms with Crippen LogP contribution in [0.25, 0.3) is 11.0 Å². The van der Waals surface area contributed by atoms with E-state index >= 15 is 0 Å². The van der Waals surface area contributed by atoms with Crippen molar-refractivity contribution < 1.29 is 4.79 Å². The van der Waals surface area contributed by atoms with E-state index in [2.05, 4.69) is 20.5 Å². The number of halogens is 1. The van der Waals surface area contributed by atoms with Crippen molar-refractivity contribution in [3.63, 3.8) is 0 Å². The highest BCUT2D eigenvalue weighted by Crippen LogP contribution is 2.38. The summed E-state index contributed by atoms with van der Waals surface area (Å²) in [5, 5.41) is 15.6. The van der Waals surface area contributed by atoms with Crippen LogP contribution in [-0.2, 0) is 7.05 Å². The van der Waals surface area contributed by atoms with Crippen LogP contribution in [0.1, 0.15) is 40.5 Å². The number of amides is 1. The van der Waals surface area contributed by atoms with E-state index in [4.69, 9.17) is 11.6 Å². The molecule has 0 spiro atoms. The molecule has 1 atom stereocenters. The summed E-state index contributed by atoms with van der Waals surface area (Å²) in [5.74, 6) is -0.0123. The summed E-state index contributed by atoms with van der Waals surface area (Å²) in [6, 6.07) is 5.33. The van der Waals surface area contributed by atoms with Crippen LogP contribution in [0.3, 0.4) is 0 Å². The zero-order valence-corrected chi connectivity index (χ0v) is 14.2. The topological polar surface area (TPSA) is 79.7 Å². The highest BCUT2D eigenvalue weighted by atomic mass is 35.5. The molecular formula is C16H17ClN6O. The van der Waals surface area contributed by atoms with E-state index in [1.54, 1.807) is 22.9 Å². The van der Waals surface area contributed by atoms with Gasteiger partial charge in [0.25, 0.3) is 5.91 Å². The Morgan fingerprint density at radius 1 is 1.33 bits per heavy atom. The Bertz CT molecular complexity index is 930. The summed E-state index contributed by atoms with van der Waals surface area (Å²) >= 11 is 6.41. The second-order valence-electron chi connectivity index (χ2n) is 6.10. The number of aromatic amines is 1. The Balaban J connectivity index is 1.70. The zero-order valence-electron chi connectivity index (χ0n) is 13.5. The number of nitrogens with one attached hydrogen (secondary N) is 1. The van der Waals surface area contributed by atoms with Gasteiger partial charge in [0.05, 0.1) is 11.7 Å². The van der Waals surface area contributed by atoms with Gasteiger partial charge in [-0.05, 0) is 38.0 Å². The number of benzene rings is 1. The van der Waals surface area contributed by atoms with Gasteiger partial charge in [0, 0.05) is 24.7 Å². The quantitative estimate of drug-likeness (QED) is 0.775. The van der Waals surface area contributed by atoms with E-state index in [0.717, 1.165) is 29.6 Å². The molecule has 0 bridgehead atoms. The molecule has 0 saturated carbocycles. The SMILES string of the molecule is Cc1nn(C)c(Cl)c1C1CCCN1C(=O)c1ccc2n[nH]nc2c1. The molecule has 3 aromatic rings. The van der Waals surface area contributed by atoms with Gasteiger partial charge >= 0.3 is 0 Å². The Morgan fingerprint density at radius 2 is 2.12 bits per heavy atom. The monoisotopic (exact) mass is 344 g/mol. The first-order valence-corrected chi connectivity index (χ1v) is 8.24. The van der Waals surface area contributed by atoms with Crippen LogP contribution in [0.2, 0.25) is 5.15 Å². The number of carbonyl (C=O) groups is 1. The molecule has 1 aliphatic rings. The number of H-pyrrole nitrogens is 1. The van der Waals surface area contributed by atoms with Crippen molar-refractivity contribution in [2.24, 2.45) is 7.05 Å². The molecule has 1 aromatic carbocycles. The molecule has 1 unspecified atom stereocenters. The molecular weight excluding hydrogens is 328 g/mol. The lowest BCUT2D eigenvalue weighted by molar-refractivity contribution is 0.0735. The minimum atomic E-state index is -0.0355. The molecule has 1 amide bonds. The predicted octanol–water partition coefficient (Wildman–Crippen LogP) is 2.63. The maximum Gasteiger partial charge on any atom is 0.254 e. The molecule has 1 fully saturated rings. The lowest BCUT2D eigenvalue weighted by Gasteiger charge is -2.25. The number of rotatable bonds is 2. The van der Waals surface area contributed by atoms with Crippen molar-refractivity contribution in [3.05, 3.63) is 40.2 Å². The van der Waals surface area contributed by atoms with Crippen molar-refractivity contribution in [2.75, 3.05) is 6.54 Å². The third kappa shape index (κ3) is 2.27. The molecule has 1 saturated heterocycles. The minimum absolute atomic E-state index is 0.0123. The number of hydrogen-bond donors (Lipinski definition) is 1. The van der Waals surface area contributed by atoms with Crippen LogP contribution in [0, 0.1) is 6.92 Å². The summed E-state index contributed by atoms with van der Waals surface area (Å²) < 4.78 is 1.66. The van der Waals surface area contributed by atoms with E-state index in [0.29, 0.717) is 22.8 Å². The van der Waals surface area contributed by atoms with Gasteiger partial charge < -0.3 is 4.90 Å². The van der Waals surface area contributed by atoms with E-state index in [9.17, 15) is 4.79 Å². The maximum absolute atomic E-state index is 13.0. The fourth-order valence-electron chi connectivity index (χ4n) is 3.47. The van der Waals surface area contributed by atoms with Gasteiger partial charge in [-0.1, -0.05) is 11.6 Å². The molecule has 4 rings (SSSR count). The van der Waals surface area contributed by atoms with Gasteiger partial charge in [-0.2, -0.15) is 20.5 Å². The van der Waals surface area contributed by atoms with Crippen LogP contribution < -0.4 is 0 Å². The Kier molecular flexibility index (Phi) is 3.53. The van der Waals surface area contributed by atoms with Gasteiger partial charge in [0.1, 0.15) is 16.2 Å². The Morgan fingerprint density at radius 3 is 2.88 bits per heavy atom. The zero-order chi connectivity index (χ0) is 16.8. The summed E-state index contributed by atoms with van der Waals surface area (Å²) in [6.07, 6.45) is 1.84. The standard InChI is InChI=1S/C16H17ClN6O/c1-9-14(15(17)22(2)20-9)13-4-3-7-23(13)16(24)10-5-6-11-12(8-10)19-21-18-11/h5-6,8,13H,3-4,7H2,1-2H3,(H,18,19,21). The smallest absolute Gasteiger partial charge is 0.254 e. The normalized spacial score (nSPS) is 17.8. The largest absolute Gasteiger partial charge is 0.331 e. The second kappa shape index (κ2) is 5.59. The number of nitrogens with zero attached hydrogens (tertiary/aromatic N) is 5. The van der Waals surface area contributed by atoms with E-state index in [1.165, 1.54) is 0 Å². The van der Waals surface area contributed by atoms with Crippen molar-refractivity contribution >= 4 is 28.5 Å². The lowest BCUT2D eigenvalue weighted by atomic mass is 10.0. The molecule has 0 aliphatic carbocycles. The summed E-state index contributed by atoms with van der Waals surface area (Å²) in [5.41, 5.74) is 3.87. The first kappa shape index (κ1) is 15.1. The molecule has 0 radical (unpaired) electrons. The molecule has 1 aliphatic heterocycles. The fourth-order valence-corrected chi connectivity index (χ4v) is 3.77. The lowest BCUT2D eigenvalue weighted by Crippen LogP contribution is -2.30. The van der Waals surface area contributed by atoms with Crippen LogP contribution >= 0.6 is 11.6 Å². The first-order chi connectivity index (χ1) is 11.6. The molecule has 8 heteroatoms. The van der Waals surface area contributed by atoms with Crippen LogP contribution in [0.15, 0.2) is 18.2 Å². The summed E-state index contributed by atoms with van der Waals surface area (Å²) in [4.78, 5) is 14.9. The average Bonchev–Trinajstić information content (AvgIpc) is 3.26. The van der Waals surface area contributed by atoms with Crippen molar-refractivity contribution in [2.45, 2.75) is 25.8 Å². The number of fused-ring (bicyclic) bond motifs is 1. The molecule has 124 valence electrons. The third-order valence-corrected chi connectivity index (χ3v) is 5.05. The fraction of sp³-hybridized carbons (Fsp3) is 0.375. The van der Waals surface area contributed by atoms with Gasteiger partial charge in [0.2, 0.25) is 0 Å². The molecule has 3 heterocycles. The van der Waals surface area contributed by atoms with Crippen LogP contribution in [-0.4, -0.2) is 42.5 Å². The van der Waals surface area contributed by atoms with Crippen molar-refractivity contribution in [1.82, 2.24) is 30.1 Å². The number of carbonyl (C=O) groups excluding carboxylic acids is 1. The first-order valence-electron chi connectivity index (χ1n) is 7.86. The highest BCUT2D eigenvalue weighted by molar-refractivity contribution is 6.30. The van der Waals surface area contributed by atoms with E-state index in [1.807, 2.05) is 18.9 Å². The van der Waals surface area contributed by atoms with Gasteiger partial charge in [-0.3, -0.25) is 9.48 Å². The second-order valence-corrected chi connectivity index (χ2v) is 6.46. The van der Waals surface area contributed by atoms with Crippen LogP contribution in [0.5, 0.6) is 0 Å². The third-order valence-electron chi connectivity index (χ3n) is 4.61. The maximum atomic E-state index is 13.0. The van der Waals surface area contributed by atoms with Gasteiger partial charge in [0.15, 0.2) is 0 Å². The molecule has 24 heavy (non-hydrogen) atoms. The number of aromatic nitrogens is 5. The minimum Gasteiger partial charge on any atom is -0.331 e. The van der Waals surface area contributed by atoms with Gasteiger partial charge in [-0.15, -0.1) is 0 Å². The van der Waals surface area contributed by atoms with E-state index in [-0.39, 0.29) is 11.9 Å². The number of aryl methyl sites for hydroxylation is 2. The summed E-state index contributed by atoms with van der Waals surface area (Å²) in [7, 11) is 1.82. The number of hydrogen-bond acceptors (Lipinski definition) is 4. The summed E-state index contributed by atoms with van der Waals surface area (Å²) in [6.45, 7) is 2.65. The molecule has 7 nitrogen and oxygen atoms in total. The Labute approximate surface area is 143 Å². The Hall–Kier alpha value is -2.41. The predicted molar refractivity (Wildman–Crippen MR) is 89.9 cm³/mol. The van der Waals surface area contributed by atoms with Crippen molar-refractivity contribution in [1.29, 1.82) is 0 Å².